The van der Waals surface area contributed by atoms with Crippen molar-refractivity contribution in [2.45, 2.75) is 269 Å². The van der Waals surface area contributed by atoms with Gasteiger partial charge in [0.1, 0.15) is 24.4 Å². The zero-order chi connectivity index (χ0) is 54.7. The van der Waals surface area contributed by atoms with Gasteiger partial charge in [0.25, 0.3) is 0 Å². The Balaban J connectivity index is 2.76. The fourth-order valence-corrected chi connectivity index (χ4v) is 8.52. The van der Waals surface area contributed by atoms with Gasteiger partial charge in [-0.1, -0.05) is 220 Å². The fourth-order valence-electron chi connectivity index (χ4n) is 8.52. The van der Waals surface area contributed by atoms with Gasteiger partial charge in [0.2, 0.25) is 5.91 Å². The van der Waals surface area contributed by atoms with Crippen molar-refractivity contribution in [3.8, 4) is 0 Å². The van der Waals surface area contributed by atoms with Gasteiger partial charge in [-0.3, -0.25) is 9.59 Å². The number of carbonyl (C=O) groups excluding carboxylic acids is 2. The number of amides is 1. The van der Waals surface area contributed by atoms with Gasteiger partial charge in [-0.25, -0.2) is 0 Å². The maximum atomic E-state index is 13.4. The highest BCUT2D eigenvalue weighted by Crippen LogP contribution is 2.26. The summed E-state index contributed by atoms with van der Waals surface area (Å²) in [6.45, 7) is 5.51. The molecule has 0 aliphatic carbocycles. The molecule has 0 aromatic heterocycles. The van der Waals surface area contributed by atoms with Crippen LogP contribution in [0.25, 0.3) is 0 Å². The van der Waals surface area contributed by atoms with Crippen LogP contribution in [0, 0.1) is 0 Å². The normalized spacial score (nSPS) is 20.0. The van der Waals surface area contributed by atoms with Crippen LogP contribution in [-0.2, 0) is 23.8 Å². The number of rotatable bonds is 48. The molecule has 428 valence electrons. The van der Waals surface area contributed by atoms with Gasteiger partial charge in [0.05, 0.1) is 25.4 Å². The average molecular weight is 1050 g/mol. The summed E-state index contributed by atoms with van der Waals surface area (Å²) in [6.07, 6.45) is 58.5. The lowest BCUT2D eigenvalue weighted by atomic mass is 9.99. The number of nitrogens with one attached hydrogen (secondary N) is 1. The van der Waals surface area contributed by atoms with Crippen molar-refractivity contribution in [1.82, 2.24) is 5.32 Å². The Kier molecular flexibility index (Phi) is 47.2. The van der Waals surface area contributed by atoms with Gasteiger partial charge in [-0.05, 0) is 103 Å². The first-order chi connectivity index (χ1) is 36.7. The highest BCUT2D eigenvalue weighted by Gasteiger charge is 2.47. The van der Waals surface area contributed by atoms with Crippen LogP contribution >= 0.6 is 0 Å². The van der Waals surface area contributed by atoms with Crippen LogP contribution in [-0.4, -0.2) is 99.6 Å². The largest absolute Gasteiger partial charge is 0.454 e. The maximum Gasteiger partial charge on any atom is 0.306 e. The summed E-state index contributed by atoms with van der Waals surface area (Å²) in [6, 6.07) is -1.06. The molecule has 11 nitrogen and oxygen atoms in total. The molecule has 0 spiro atoms. The number of hydrogen-bond donors (Lipinski definition) is 6. The lowest BCUT2D eigenvalue weighted by molar-refractivity contribution is -0.305. The van der Waals surface area contributed by atoms with Gasteiger partial charge in [-0.2, -0.15) is 0 Å². The van der Waals surface area contributed by atoms with Crippen molar-refractivity contribution in [2.75, 3.05) is 13.2 Å². The first kappa shape index (κ1) is 69.3. The van der Waals surface area contributed by atoms with E-state index in [9.17, 15) is 35.1 Å². The monoisotopic (exact) mass is 1050 g/mol. The van der Waals surface area contributed by atoms with Crippen molar-refractivity contribution < 1.29 is 49.3 Å². The van der Waals surface area contributed by atoms with Crippen LogP contribution in [0.2, 0.25) is 0 Å². The minimum Gasteiger partial charge on any atom is -0.454 e. The van der Waals surface area contributed by atoms with E-state index in [1.54, 1.807) is 6.08 Å². The molecule has 1 aliphatic rings. The first-order valence-electron chi connectivity index (χ1n) is 29.7. The van der Waals surface area contributed by atoms with Crippen LogP contribution < -0.4 is 5.32 Å². The van der Waals surface area contributed by atoms with E-state index in [1.165, 1.54) is 51.4 Å². The predicted molar refractivity (Wildman–Crippen MR) is 310 cm³/mol. The molecule has 1 fully saturated rings. The Hall–Kier alpha value is -3.68. The molecule has 8 unspecified atom stereocenters. The zero-order valence-corrected chi connectivity index (χ0v) is 47.1. The Morgan fingerprint density at radius 1 is 0.533 bits per heavy atom. The van der Waals surface area contributed by atoms with Gasteiger partial charge in [0, 0.05) is 6.42 Å². The molecule has 0 bridgehead atoms. The number of hydrogen-bond acceptors (Lipinski definition) is 10. The van der Waals surface area contributed by atoms with Crippen molar-refractivity contribution in [3.63, 3.8) is 0 Å². The minimum absolute atomic E-state index is 0.103. The third-order valence-electron chi connectivity index (χ3n) is 13.2. The zero-order valence-electron chi connectivity index (χ0n) is 47.1. The number of ether oxygens (including phenoxy) is 3. The lowest BCUT2D eigenvalue weighted by Gasteiger charge is -2.41. The molecule has 11 heteroatoms. The molecule has 1 saturated heterocycles. The van der Waals surface area contributed by atoms with Crippen molar-refractivity contribution >= 4 is 11.9 Å². The van der Waals surface area contributed by atoms with E-state index in [2.05, 4.69) is 117 Å². The summed E-state index contributed by atoms with van der Waals surface area (Å²) in [4.78, 5) is 26.5. The third kappa shape index (κ3) is 39.4. The highest BCUT2D eigenvalue weighted by molar-refractivity contribution is 5.80. The van der Waals surface area contributed by atoms with Crippen LogP contribution in [0.3, 0.4) is 0 Å². The van der Waals surface area contributed by atoms with E-state index in [1.807, 2.05) is 12.2 Å². The number of aliphatic hydroxyl groups excluding tert-OH is 5. The Bertz CT molecular complexity index is 1630. The molecule has 1 heterocycles. The number of unbranched alkanes of at least 4 members (excludes halogenated alkanes) is 18. The topological polar surface area (TPSA) is 175 Å². The molecule has 0 radical (unpaired) electrons. The van der Waals surface area contributed by atoms with Gasteiger partial charge in [-0.15, -0.1) is 0 Å². The molecular weight excluding hydrogens is 943 g/mol. The number of carbonyl (C=O) groups is 2. The molecule has 8 atom stereocenters. The summed E-state index contributed by atoms with van der Waals surface area (Å²) in [5.41, 5.74) is 0. The average Bonchev–Trinajstić information content (AvgIpc) is 3.41. The quantitative estimate of drug-likeness (QED) is 0.0195. The second-order valence-corrected chi connectivity index (χ2v) is 20.0. The second kappa shape index (κ2) is 51.1. The van der Waals surface area contributed by atoms with Gasteiger partial charge in [0.15, 0.2) is 12.4 Å². The minimum atomic E-state index is -1.63. The highest BCUT2D eigenvalue weighted by atomic mass is 16.7. The van der Waals surface area contributed by atoms with Crippen LogP contribution in [0.15, 0.2) is 109 Å². The summed E-state index contributed by atoms with van der Waals surface area (Å²) in [5.74, 6) is -1.26. The molecule has 0 aromatic rings. The van der Waals surface area contributed by atoms with Crippen LogP contribution in [0.1, 0.15) is 220 Å². The summed E-state index contributed by atoms with van der Waals surface area (Å²) < 4.78 is 17.5. The van der Waals surface area contributed by atoms with E-state index < -0.39 is 67.4 Å². The predicted octanol–water partition coefficient (Wildman–Crippen LogP) is 13.7. The Morgan fingerprint density at radius 2 is 0.960 bits per heavy atom. The van der Waals surface area contributed by atoms with E-state index in [0.29, 0.717) is 19.3 Å². The number of allylic oxidation sites excluding steroid dienone is 17. The summed E-state index contributed by atoms with van der Waals surface area (Å²) >= 11 is 0. The molecule has 6 N–H and O–H groups in total. The lowest BCUT2D eigenvalue weighted by Crippen LogP contribution is -2.61. The standard InChI is InChI=1S/C64H107NO10/c1-4-7-10-13-16-19-22-25-27-28-29-30-31-32-33-36-39-42-45-48-51-57(68)63(72)65-55(56(67)50-47-44-41-38-35-24-21-18-15-12-9-6-3)54-73-64-62(61(71)60(70)58(53-66)74-64)75-59(69)52-49-46-43-40-37-34-26-23-20-17-14-11-8-5-2/h7-8,10-11,16-17,19-20,25,27,29-30,32-33,39,42,47,50,55-58,60-62,64,66-68,70-71H,4-6,9,12-15,18,21-24,26,28,31,34-38,40-41,43-46,48-49,51-54H2,1-3H3,(H,65,72)/b10-7-,11-8+,19-16-,20-17+,27-25-,30-29-,33-32-,42-39-,50-47+. The Morgan fingerprint density at radius 3 is 1.44 bits per heavy atom. The van der Waals surface area contributed by atoms with E-state index in [-0.39, 0.29) is 19.4 Å². The molecule has 0 aromatic carbocycles. The molecule has 1 amide bonds. The SMILES string of the molecule is CC/C=C\C/C=C\C/C=C\C/C=C\C/C=C\C/C=C\CCCC(O)C(=O)NC(COC1OC(CO)C(O)C(O)C1OC(=O)CCCCCCCCC/C=C/C/C=C/CC)C(O)/C=C/CCCCCCCCCCCC. The van der Waals surface area contributed by atoms with Crippen LogP contribution in [0.5, 0.6) is 0 Å². The summed E-state index contributed by atoms with van der Waals surface area (Å²) in [5, 5.41) is 56.8. The second-order valence-electron chi connectivity index (χ2n) is 20.0. The number of esters is 1. The Labute approximate surface area is 456 Å². The van der Waals surface area contributed by atoms with Crippen molar-refractivity contribution in [1.29, 1.82) is 0 Å². The fraction of sp³-hybridized carbons (Fsp3) is 0.688. The van der Waals surface area contributed by atoms with Gasteiger partial charge < -0.3 is 45.1 Å². The summed E-state index contributed by atoms with van der Waals surface area (Å²) in [7, 11) is 0. The smallest absolute Gasteiger partial charge is 0.306 e. The first-order valence-corrected chi connectivity index (χ1v) is 29.7. The van der Waals surface area contributed by atoms with E-state index >= 15 is 0 Å². The molecular formula is C64H107NO10. The number of aliphatic hydroxyl groups is 5. The molecule has 1 aliphatic heterocycles. The van der Waals surface area contributed by atoms with Crippen molar-refractivity contribution in [3.05, 3.63) is 109 Å². The van der Waals surface area contributed by atoms with E-state index in [0.717, 1.165) is 116 Å². The van der Waals surface area contributed by atoms with Crippen molar-refractivity contribution in [2.24, 2.45) is 0 Å². The molecule has 75 heavy (non-hydrogen) atoms. The van der Waals surface area contributed by atoms with E-state index in [4.69, 9.17) is 14.2 Å². The maximum absolute atomic E-state index is 13.4. The van der Waals surface area contributed by atoms with Gasteiger partial charge >= 0.3 is 5.97 Å². The third-order valence-corrected chi connectivity index (χ3v) is 13.2. The molecule has 0 saturated carbocycles. The molecule has 1 rings (SSSR count). The van der Waals surface area contributed by atoms with Crippen LogP contribution in [0.4, 0.5) is 0 Å².